The van der Waals surface area contributed by atoms with Gasteiger partial charge in [-0.25, -0.2) is 4.79 Å². The third-order valence-electron chi connectivity index (χ3n) is 7.58. The highest BCUT2D eigenvalue weighted by Gasteiger charge is 2.61. The molecule has 1 radical (unpaired) electrons. The number of hydrogen-bond donors (Lipinski definition) is 2. The summed E-state index contributed by atoms with van der Waals surface area (Å²) in [6.45, 7) is 11.9. The molecule has 2 atom stereocenters. The number of amides is 2. The van der Waals surface area contributed by atoms with E-state index in [2.05, 4.69) is 10.6 Å². The predicted molar refractivity (Wildman–Crippen MR) is 174 cm³/mol. The zero-order valence-corrected chi connectivity index (χ0v) is 28.5. The number of carbonyl (C=O) groups is 2. The van der Waals surface area contributed by atoms with Crippen molar-refractivity contribution in [3.63, 3.8) is 0 Å². The summed E-state index contributed by atoms with van der Waals surface area (Å²) in [6, 6.07) is 19.5. The lowest BCUT2D eigenvalue weighted by atomic mass is 9.70. The van der Waals surface area contributed by atoms with Gasteiger partial charge in [-0.05, 0) is 42.6 Å². The number of pyridine rings is 1. The Morgan fingerprint density at radius 1 is 0.957 bits per heavy atom. The largest absolute Gasteiger partial charge is 0.444 e. The molecule has 0 spiro atoms. The predicted octanol–water partition coefficient (Wildman–Crippen LogP) is 7.53. The number of halogens is 3. The van der Waals surface area contributed by atoms with E-state index in [-0.39, 0.29) is 12.3 Å². The molecule has 12 heteroatoms. The third-order valence-corrected chi connectivity index (χ3v) is 8.33. The van der Waals surface area contributed by atoms with Gasteiger partial charge in [0.1, 0.15) is 30.5 Å². The Morgan fingerprint density at radius 3 is 2.02 bits per heavy atom. The lowest BCUT2D eigenvalue weighted by molar-refractivity contribution is -0.265. The molecule has 3 rings (SSSR count). The molecule has 1 aromatic heterocycles. The fraction of sp³-hybridized carbons (Fsp3) is 0.441. The molecule has 0 saturated carbocycles. The average molecular weight is 659 g/mol. The highest BCUT2D eigenvalue weighted by Crippen LogP contribution is 2.49. The highest BCUT2D eigenvalue weighted by molar-refractivity contribution is 6.48. The van der Waals surface area contributed by atoms with Crippen LogP contribution in [0, 0.1) is 24.2 Å². The van der Waals surface area contributed by atoms with E-state index >= 15 is 0 Å². The Labute approximate surface area is 270 Å². The molecule has 2 N–H and O–H groups in total. The van der Waals surface area contributed by atoms with Gasteiger partial charge < -0.3 is 19.0 Å². The number of alkyl halides is 3. The lowest BCUT2D eigenvalue weighted by Crippen LogP contribution is -2.67. The standard InChI is InChI=1S/C34H43F3N3O5Si/c1-22(2)33(45-46(7)8,30(32(4,5)6)34(35,36)37)39-28(41)20-40-23(3)26(25-17-13-10-14-18-25)19-27(29(40)42)38-31(43)44-21-24-15-11-9-12-16-24/h9-19,22,30H,20-21H2,1-8H3,(H,38,43)(H,39,41). The number of anilines is 1. The second-order valence-electron chi connectivity index (χ2n) is 12.8. The van der Waals surface area contributed by atoms with Crippen LogP contribution in [0.2, 0.25) is 13.1 Å². The number of rotatable bonds is 11. The topological polar surface area (TPSA) is 98.7 Å². The average Bonchev–Trinajstić information content (AvgIpc) is 2.94. The highest BCUT2D eigenvalue weighted by atomic mass is 28.3. The van der Waals surface area contributed by atoms with Gasteiger partial charge in [0.2, 0.25) is 14.9 Å². The molecule has 3 aromatic rings. The fourth-order valence-corrected chi connectivity index (χ4v) is 6.76. The molecule has 0 saturated heterocycles. The van der Waals surface area contributed by atoms with Crippen molar-refractivity contribution >= 4 is 26.7 Å². The zero-order chi connectivity index (χ0) is 34.4. The van der Waals surface area contributed by atoms with Gasteiger partial charge in [0.05, 0.1) is 0 Å². The fourth-order valence-electron chi connectivity index (χ4n) is 5.68. The zero-order valence-electron chi connectivity index (χ0n) is 27.5. The Hall–Kier alpha value is -3.90. The van der Waals surface area contributed by atoms with E-state index in [1.54, 1.807) is 82.4 Å². The van der Waals surface area contributed by atoms with Crippen LogP contribution in [0.1, 0.15) is 45.9 Å². The molecule has 0 aliphatic carbocycles. The summed E-state index contributed by atoms with van der Waals surface area (Å²) in [5.74, 6) is -3.70. The van der Waals surface area contributed by atoms with Crippen LogP contribution >= 0.6 is 0 Å². The van der Waals surface area contributed by atoms with Gasteiger partial charge in [-0.15, -0.1) is 0 Å². The van der Waals surface area contributed by atoms with Crippen molar-refractivity contribution in [1.29, 1.82) is 0 Å². The Balaban J connectivity index is 2.07. The quantitative estimate of drug-likeness (QED) is 0.164. The van der Waals surface area contributed by atoms with Gasteiger partial charge in [-0.1, -0.05) is 95.3 Å². The van der Waals surface area contributed by atoms with Crippen molar-refractivity contribution in [2.24, 2.45) is 17.3 Å². The van der Waals surface area contributed by atoms with Crippen LogP contribution in [0.3, 0.4) is 0 Å². The van der Waals surface area contributed by atoms with Gasteiger partial charge >= 0.3 is 12.3 Å². The maximum Gasteiger partial charge on any atom is 0.412 e. The Kier molecular flexibility index (Phi) is 11.7. The molecular weight excluding hydrogens is 615 g/mol. The maximum atomic E-state index is 14.8. The van der Waals surface area contributed by atoms with Crippen molar-refractivity contribution in [1.82, 2.24) is 9.88 Å². The number of carbonyl (C=O) groups excluding carboxylic acids is 2. The molecule has 1 heterocycles. The molecule has 2 unspecified atom stereocenters. The molecule has 0 aliphatic rings. The van der Waals surface area contributed by atoms with E-state index in [4.69, 9.17) is 9.16 Å². The smallest absolute Gasteiger partial charge is 0.412 e. The SMILES string of the molecule is Cc1c(-c2ccccc2)cc(NC(=O)OCc2ccccc2)c(=O)n1CC(=O)NC(O[Si](C)C)(C(C)C)C(C(C)(C)C)C(F)(F)F. The normalized spacial score (nSPS) is 14.1. The number of nitrogens with zero attached hydrogens (tertiary/aromatic N) is 1. The summed E-state index contributed by atoms with van der Waals surface area (Å²) in [7, 11) is -1.76. The van der Waals surface area contributed by atoms with Gasteiger partial charge in [-0.3, -0.25) is 14.9 Å². The summed E-state index contributed by atoms with van der Waals surface area (Å²) in [6.07, 6.45) is -5.60. The first-order valence-electron chi connectivity index (χ1n) is 15.0. The van der Waals surface area contributed by atoms with Crippen LogP contribution in [0.15, 0.2) is 71.5 Å². The Morgan fingerprint density at radius 2 is 1.52 bits per heavy atom. The first-order chi connectivity index (χ1) is 21.4. The monoisotopic (exact) mass is 658 g/mol. The summed E-state index contributed by atoms with van der Waals surface area (Å²) >= 11 is 0. The number of hydrogen-bond acceptors (Lipinski definition) is 5. The second-order valence-corrected chi connectivity index (χ2v) is 14.9. The molecular formula is C34H43F3N3O5Si. The van der Waals surface area contributed by atoms with E-state index in [9.17, 15) is 27.6 Å². The first-order valence-corrected chi connectivity index (χ1v) is 17.4. The van der Waals surface area contributed by atoms with Crippen molar-refractivity contribution in [2.75, 3.05) is 5.32 Å². The first kappa shape index (κ1) is 36.6. The van der Waals surface area contributed by atoms with Crippen molar-refractivity contribution in [3.05, 3.63) is 88.3 Å². The van der Waals surface area contributed by atoms with E-state index in [1.807, 2.05) is 12.1 Å². The van der Waals surface area contributed by atoms with Crippen LogP contribution in [-0.2, 0) is 27.1 Å². The van der Waals surface area contributed by atoms with E-state index in [0.717, 1.165) is 10.1 Å². The molecule has 46 heavy (non-hydrogen) atoms. The molecule has 0 fully saturated rings. The van der Waals surface area contributed by atoms with Crippen molar-refractivity contribution < 1.29 is 31.9 Å². The van der Waals surface area contributed by atoms with E-state index in [1.165, 1.54) is 26.8 Å². The summed E-state index contributed by atoms with van der Waals surface area (Å²) in [5.41, 5.74) is -1.97. The van der Waals surface area contributed by atoms with E-state index < -0.39 is 62.3 Å². The molecule has 249 valence electrons. The minimum Gasteiger partial charge on any atom is -0.444 e. The number of nitrogens with one attached hydrogen (secondary N) is 2. The van der Waals surface area contributed by atoms with Crippen molar-refractivity contribution in [2.45, 2.75) is 79.7 Å². The van der Waals surface area contributed by atoms with Crippen LogP contribution < -0.4 is 16.2 Å². The molecule has 2 aromatic carbocycles. The van der Waals surface area contributed by atoms with Crippen molar-refractivity contribution in [3.8, 4) is 11.1 Å². The second kappa shape index (κ2) is 14.7. The van der Waals surface area contributed by atoms with Crippen LogP contribution in [0.5, 0.6) is 0 Å². The van der Waals surface area contributed by atoms with Gasteiger partial charge in [0.25, 0.3) is 5.56 Å². The molecule has 8 nitrogen and oxygen atoms in total. The summed E-state index contributed by atoms with van der Waals surface area (Å²) in [5, 5.41) is 5.09. The number of aromatic nitrogens is 1. The van der Waals surface area contributed by atoms with Gasteiger partial charge in [0, 0.05) is 17.2 Å². The van der Waals surface area contributed by atoms with Gasteiger partial charge in [0.15, 0.2) is 0 Å². The molecule has 2 amide bonds. The van der Waals surface area contributed by atoms with Gasteiger partial charge in [-0.2, -0.15) is 13.2 Å². The molecule has 0 bridgehead atoms. The third kappa shape index (κ3) is 8.88. The minimum absolute atomic E-state index is 0.0373. The Bertz CT molecular complexity index is 1540. The van der Waals surface area contributed by atoms with E-state index in [0.29, 0.717) is 16.8 Å². The lowest BCUT2D eigenvalue weighted by Gasteiger charge is -2.50. The summed E-state index contributed by atoms with van der Waals surface area (Å²) < 4.78 is 56.9. The number of ether oxygens (including phenoxy) is 1. The maximum absolute atomic E-state index is 14.8. The van der Waals surface area contributed by atoms with Crippen LogP contribution in [-0.4, -0.2) is 37.5 Å². The van der Waals surface area contributed by atoms with Crippen LogP contribution in [0.4, 0.5) is 23.7 Å². The molecule has 0 aliphatic heterocycles. The van der Waals surface area contributed by atoms with Crippen LogP contribution in [0.25, 0.3) is 11.1 Å². The summed E-state index contributed by atoms with van der Waals surface area (Å²) in [4.78, 5) is 40.3. The minimum atomic E-state index is -4.72. The number of benzene rings is 2.